The van der Waals surface area contributed by atoms with Crippen molar-refractivity contribution in [1.82, 2.24) is 15.6 Å². The van der Waals surface area contributed by atoms with Crippen molar-refractivity contribution in [2.45, 2.75) is 12.8 Å². The number of halogens is 4. The van der Waals surface area contributed by atoms with Gasteiger partial charge in [0.2, 0.25) is 0 Å². The van der Waals surface area contributed by atoms with Crippen molar-refractivity contribution in [3.8, 4) is 0 Å². The van der Waals surface area contributed by atoms with Gasteiger partial charge in [0.1, 0.15) is 16.8 Å². The predicted octanol–water partition coefficient (Wildman–Crippen LogP) is 3.58. The maximum atomic E-state index is 13.5. The fourth-order valence-electron chi connectivity index (χ4n) is 2.18. The lowest BCUT2D eigenvalue weighted by Gasteiger charge is -2.12. The molecule has 4 nitrogen and oxygen atoms in total. The molecule has 0 amide bonds. The molecular formula is C17H20ClF2IN4. The Bertz CT molecular complexity index is 675. The van der Waals surface area contributed by atoms with Crippen LogP contribution in [0.4, 0.5) is 8.78 Å². The highest BCUT2D eigenvalue weighted by molar-refractivity contribution is 14.0. The Labute approximate surface area is 168 Å². The van der Waals surface area contributed by atoms with Gasteiger partial charge in [0.05, 0.1) is 0 Å². The van der Waals surface area contributed by atoms with Crippen molar-refractivity contribution >= 4 is 41.5 Å². The van der Waals surface area contributed by atoms with Gasteiger partial charge in [0, 0.05) is 31.9 Å². The van der Waals surface area contributed by atoms with Crippen LogP contribution < -0.4 is 10.6 Å². The lowest BCUT2D eigenvalue weighted by molar-refractivity contribution is 0.553. The monoisotopic (exact) mass is 480 g/mol. The Kier molecular flexibility index (Phi) is 9.66. The minimum atomic E-state index is -0.532. The molecular weight excluding hydrogens is 461 g/mol. The Morgan fingerprint density at radius 3 is 2.28 bits per heavy atom. The molecule has 8 heteroatoms. The van der Waals surface area contributed by atoms with E-state index in [0.29, 0.717) is 24.2 Å². The van der Waals surface area contributed by atoms with Crippen LogP contribution in [0, 0.1) is 11.6 Å². The number of nitrogens with one attached hydrogen (secondary N) is 2. The van der Waals surface area contributed by atoms with Gasteiger partial charge in [-0.15, -0.1) is 24.0 Å². The number of benzene rings is 1. The molecule has 0 spiro atoms. The van der Waals surface area contributed by atoms with E-state index >= 15 is 0 Å². The molecule has 2 rings (SSSR count). The van der Waals surface area contributed by atoms with Crippen molar-refractivity contribution < 1.29 is 8.78 Å². The first-order valence-electron chi connectivity index (χ1n) is 7.58. The van der Waals surface area contributed by atoms with Crippen LogP contribution >= 0.6 is 35.6 Å². The average Bonchev–Trinajstić information content (AvgIpc) is 2.57. The Hall–Kier alpha value is -1.48. The van der Waals surface area contributed by atoms with Crippen LogP contribution in [-0.4, -0.2) is 31.1 Å². The number of hydrogen-bond donors (Lipinski definition) is 2. The zero-order valence-corrected chi connectivity index (χ0v) is 16.8. The SMILES string of the molecule is CN=C(NCCc1ccc(Cl)nc1)NCCc1c(F)cccc1F.I. The normalized spacial score (nSPS) is 11.0. The maximum Gasteiger partial charge on any atom is 0.190 e. The maximum absolute atomic E-state index is 13.5. The van der Waals surface area contributed by atoms with Crippen LogP contribution in [0.2, 0.25) is 5.15 Å². The number of aliphatic imine (C=N–C) groups is 1. The van der Waals surface area contributed by atoms with Gasteiger partial charge in [-0.3, -0.25) is 4.99 Å². The van der Waals surface area contributed by atoms with Gasteiger partial charge < -0.3 is 10.6 Å². The number of guanidine groups is 1. The Balaban J connectivity index is 0.00000312. The van der Waals surface area contributed by atoms with Gasteiger partial charge in [0.15, 0.2) is 5.96 Å². The second-order valence-electron chi connectivity index (χ2n) is 5.12. The van der Waals surface area contributed by atoms with Crippen LogP contribution in [0.25, 0.3) is 0 Å². The highest BCUT2D eigenvalue weighted by atomic mass is 127. The van der Waals surface area contributed by atoms with Gasteiger partial charge in [0.25, 0.3) is 0 Å². The molecule has 1 heterocycles. The Morgan fingerprint density at radius 2 is 1.72 bits per heavy atom. The number of hydrogen-bond acceptors (Lipinski definition) is 2. The number of rotatable bonds is 6. The second kappa shape index (κ2) is 11.2. The first-order chi connectivity index (χ1) is 11.6. The quantitative estimate of drug-likeness (QED) is 0.288. The number of pyridine rings is 1. The van der Waals surface area contributed by atoms with E-state index in [-0.39, 0.29) is 36.0 Å². The van der Waals surface area contributed by atoms with Crippen molar-refractivity contribution in [2.24, 2.45) is 4.99 Å². The predicted molar refractivity (Wildman–Crippen MR) is 108 cm³/mol. The molecule has 0 aliphatic carbocycles. The summed E-state index contributed by atoms with van der Waals surface area (Å²) < 4.78 is 27.1. The third-order valence-electron chi connectivity index (χ3n) is 3.45. The highest BCUT2D eigenvalue weighted by Crippen LogP contribution is 2.12. The molecule has 0 fully saturated rings. The van der Waals surface area contributed by atoms with E-state index in [0.717, 1.165) is 12.0 Å². The molecule has 0 radical (unpaired) electrons. The molecule has 0 saturated carbocycles. The zero-order chi connectivity index (χ0) is 17.4. The molecule has 2 N–H and O–H groups in total. The summed E-state index contributed by atoms with van der Waals surface area (Å²) in [6.07, 6.45) is 2.72. The topological polar surface area (TPSA) is 49.3 Å². The first kappa shape index (κ1) is 21.6. The smallest absolute Gasteiger partial charge is 0.190 e. The van der Waals surface area contributed by atoms with Crippen LogP contribution in [0.3, 0.4) is 0 Å². The van der Waals surface area contributed by atoms with E-state index in [1.165, 1.54) is 18.2 Å². The summed E-state index contributed by atoms with van der Waals surface area (Å²) >= 11 is 5.74. The number of aromatic nitrogens is 1. The lowest BCUT2D eigenvalue weighted by atomic mass is 10.1. The summed E-state index contributed by atoms with van der Waals surface area (Å²) in [6.45, 7) is 1.02. The molecule has 1 aromatic heterocycles. The van der Waals surface area contributed by atoms with E-state index in [1.54, 1.807) is 19.3 Å². The third kappa shape index (κ3) is 7.11. The van der Waals surface area contributed by atoms with Crippen LogP contribution in [-0.2, 0) is 12.8 Å². The molecule has 0 aliphatic heterocycles. The minimum Gasteiger partial charge on any atom is -0.356 e. The molecule has 2 aromatic rings. The molecule has 0 bridgehead atoms. The molecule has 136 valence electrons. The van der Waals surface area contributed by atoms with Gasteiger partial charge in [-0.2, -0.15) is 0 Å². The molecule has 0 aliphatic rings. The van der Waals surface area contributed by atoms with E-state index in [2.05, 4.69) is 20.6 Å². The van der Waals surface area contributed by atoms with Crippen molar-refractivity contribution in [1.29, 1.82) is 0 Å². The van der Waals surface area contributed by atoms with E-state index in [1.807, 2.05) is 6.07 Å². The summed E-state index contributed by atoms with van der Waals surface area (Å²) in [7, 11) is 1.64. The Morgan fingerprint density at radius 1 is 1.08 bits per heavy atom. The molecule has 1 aromatic carbocycles. The first-order valence-corrected chi connectivity index (χ1v) is 7.96. The lowest BCUT2D eigenvalue weighted by Crippen LogP contribution is -2.39. The zero-order valence-electron chi connectivity index (χ0n) is 13.7. The van der Waals surface area contributed by atoms with Crippen LogP contribution in [0.15, 0.2) is 41.5 Å². The standard InChI is InChI=1S/C17H19ClF2N4.HI/c1-21-17(22-9-7-12-5-6-16(18)24-11-12)23-10-8-13-14(19)3-2-4-15(13)20;/h2-6,11H,7-10H2,1H3,(H2,21,22,23);1H. The summed E-state index contributed by atoms with van der Waals surface area (Å²) in [5.41, 5.74) is 1.13. The molecule has 25 heavy (non-hydrogen) atoms. The van der Waals surface area contributed by atoms with E-state index < -0.39 is 11.6 Å². The molecule has 0 saturated heterocycles. The minimum absolute atomic E-state index is 0. The van der Waals surface area contributed by atoms with Gasteiger partial charge in [-0.25, -0.2) is 13.8 Å². The van der Waals surface area contributed by atoms with E-state index in [9.17, 15) is 8.78 Å². The fraction of sp³-hybridized carbons (Fsp3) is 0.294. The van der Waals surface area contributed by atoms with Crippen molar-refractivity contribution in [3.05, 3.63) is 64.4 Å². The van der Waals surface area contributed by atoms with Crippen molar-refractivity contribution in [3.63, 3.8) is 0 Å². The summed E-state index contributed by atoms with van der Waals surface area (Å²) in [6, 6.07) is 7.52. The number of nitrogens with zero attached hydrogens (tertiary/aromatic N) is 2. The largest absolute Gasteiger partial charge is 0.356 e. The average molecular weight is 481 g/mol. The van der Waals surface area contributed by atoms with Crippen LogP contribution in [0.5, 0.6) is 0 Å². The third-order valence-corrected chi connectivity index (χ3v) is 3.67. The van der Waals surface area contributed by atoms with Gasteiger partial charge in [-0.1, -0.05) is 23.7 Å². The second-order valence-corrected chi connectivity index (χ2v) is 5.50. The fourth-order valence-corrected chi connectivity index (χ4v) is 2.29. The van der Waals surface area contributed by atoms with Gasteiger partial charge in [-0.05, 0) is 36.6 Å². The van der Waals surface area contributed by atoms with Crippen molar-refractivity contribution in [2.75, 3.05) is 20.1 Å². The van der Waals surface area contributed by atoms with Gasteiger partial charge >= 0.3 is 0 Å². The molecule has 0 atom stereocenters. The summed E-state index contributed by atoms with van der Waals surface area (Å²) in [5.74, 6) is -0.487. The van der Waals surface area contributed by atoms with E-state index in [4.69, 9.17) is 11.6 Å². The summed E-state index contributed by atoms with van der Waals surface area (Å²) in [4.78, 5) is 8.10. The van der Waals surface area contributed by atoms with Crippen LogP contribution in [0.1, 0.15) is 11.1 Å². The molecule has 0 unspecified atom stereocenters. The highest BCUT2D eigenvalue weighted by Gasteiger charge is 2.08. The summed E-state index contributed by atoms with van der Waals surface area (Å²) in [5, 5.41) is 6.64.